The molecule has 0 aromatic carbocycles. The summed E-state index contributed by atoms with van der Waals surface area (Å²) in [5.41, 5.74) is 0. The fourth-order valence-electron chi connectivity index (χ4n) is 1.74. The van der Waals surface area contributed by atoms with Crippen molar-refractivity contribution in [3.8, 4) is 0 Å². The molecule has 6 heteroatoms. The average molecular weight is 231 g/mol. The van der Waals surface area contributed by atoms with Gasteiger partial charge in [-0.1, -0.05) is 0 Å². The third kappa shape index (κ3) is 2.78. The zero-order valence-electron chi connectivity index (χ0n) is 9.55. The van der Waals surface area contributed by atoms with Gasteiger partial charge >= 0.3 is 0 Å². The van der Waals surface area contributed by atoms with E-state index < -0.39 is 6.10 Å². The summed E-state index contributed by atoms with van der Waals surface area (Å²) in [6, 6.07) is -0.0900. The molecule has 1 heterocycles. The van der Waals surface area contributed by atoms with Crippen molar-refractivity contribution < 1.29 is 23.8 Å². The van der Waals surface area contributed by atoms with Crippen molar-refractivity contribution in [2.45, 2.75) is 25.0 Å². The average Bonchev–Trinajstić information content (AvgIpc) is 2.30. The van der Waals surface area contributed by atoms with E-state index in [1.807, 2.05) is 0 Å². The molecule has 0 spiro atoms. The number of nitrogens with zero attached hydrogens (tertiary/aromatic N) is 1. The molecule has 6 nitrogen and oxygen atoms in total. The van der Waals surface area contributed by atoms with Crippen LogP contribution in [0.25, 0.3) is 0 Å². The summed E-state index contributed by atoms with van der Waals surface area (Å²) in [5.74, 6) is -0.116. The highest BCUT2D eigenvalue weighted by Crippen LogP contribution is 2.26. The molecule has 1 saturated heterocycles. The molecule has 1 aliphatic heterocycles. The zero-order chi connectivity index (χ0) is 12.0. The minimum absolute atomic E-state index is 0.0782. The van der Waals surface area contributed by atoms with Crippen molar-refractivity contribution in [1.29, 1.82) is 0 Å². The van der Waals surface area contributed by atoms with Crippen LogP contribution in [-0.4, -0.2) is 57.0 Å². The van der Waals surface area contributed by atoms with Gasteiger partial charge in [-0.25, -0.2) is 0 Å². The third-order valence-corrected chi connectivity index (χ3v) is 2.49. The number of methoxy groups -OCH3 is 2. The summed E-state index contributed by atoms with van der Waals surface area (Å²) in [6.07, 6.45) is 1.33. The number of hydrogen-bond acceptors (Lipinski definition) is 5. The number of likely N-dealkylation sites (tertiary alicyclic amines) is 1. The van der Waals surface area contributed by atoms with Crippen LogP contribution < -0.4 is 0 Å². The smallest absolute Gasteiger partial charge is 0.256 e. The van der Waals surface area contributed by atoms with E-state index in [1.165, 1.54) is 14.2 Å². The molecule has 1 fully saturated rings. The van der Waals surface area contributed by atoms with Crippen molar-refractivity contribution in [3.05, 3.63) is 0 Å². The fourth-order valence-corrected chi connectivity index (χ4v) is 1.74. The van der Waals surface area contributed by atoms with Gasteiger partial charge in [-0.15, -0.1) is 0 Å². The van der Waals surface area contributed by atoms with E-state index in [1.54, 1.807) is 4.90 Å². The first kappa shape index (κ1) is 13.1. The van der Waals surface area contributed by atoms with Gasteiger partial charge in [-0.2, -0.15) is 0 Å². The van der Waals surface area contributed by atoms with Crippen LogP contribution in [0.5, 0.6) is 0 Å². The van der Waals surface area contributed by atoms with Gasteiger partial charge in [0.05, 0.1) is 6.04 Å². The van der Waals surface area contributed by atoms with Crippen LogP contribution >= 0.6 is 0 Å². The Labute approximate surface area is 94.4 Å². The van der Waals surface area contributed by atoms with E-state index in [0.29, 0.717) is 12.8 Å². The van der Waals surface area contributed by atoms with Crippen LogP contribution in [0.2, 0.25) is 0 Å². The second kappa shape index (κ2) is 6.57. The molecule has 2 atom stereocenters. The highest BCUT2D eigenvalue weighted by atomic mass is 16.7. The lowest BCUT2D eigenvalue weighted by molar-refractivity contribution is -0.197. The molecule has 0 bridgehead atoms. The minimum atomic E-state index is -0.505. The van der Waals surface area contributed by atoms with Gasteiger partial charge in [0.25, 0.3) is 5.91 Å². The number of carbonyl (C=O) groups excluding carboxylic acids is 2. The molecule has 0 N–H and O–H groups in total. The second-order valence-corrected chi connectivity index (χ2v) is 3.53. The van der Waals surface area contributed by atoms with Crippen LogP contribution in [0.1, 0.15) is 12.8 Å². The normalized spacial score (nSPS) is 24.4. The number of β-lactam (4-membered cyclic amide) rings is 1. The molecule has 1 aliphatic rings. The molecule has 0 aliphatic carbocycles. The van der Waals surface area contributed by atoms with Gasteiger partial charge in [0.15, 0.2) is 6.10 Å². The molecule has 16 heavy (non-hydrogen) atoms. The lowest BCUT2D eigenvalue weighted by Gasteiger charge is -2.45. The number of carbonyl (C=O) groups is 2. The topological polar surface area (TPSA) is 65.1 Å². The first-order valence-corrected chi connectivity index (χ1v) is 5.09. The SMILES string of the molecule is COCO[C@H]1C(=O)N(COC)C1CCC=O. The van der Waals surface area contributed by atoms with Gasteiger partial charge in [-0.05, 0) is 6.42 Å². The summed E-state index contributed by atoms with van der Waals surface area (Å²) < 4.78 is 14.9. The monoisotopic (exact) mass is 231 g/mol. The minimum Gasteiger partial charge on any atom is -0.364 e. The maximum absolute atomic E-state index is 11.6. The molecule has 0 aromatic heterocycles. The Morgan fingerprint density at radius 1 is 1.38 bits per heavy atom. The summed E-state index contributed by atoms with van der Waals surface area (Å²) in [6.45, 7) is 0.310. The molecule has 0 aromatic rings. The van der Waals surface area contributed by atoms with E-state index in [9.17, 15) is 9.59 Å². The number of hydrogen-bond donors (Lipinski definition) is 0. The quantitative estimate of drug-likeness (QED) is 0.328. The van der Waals surface area contributed by atoms with E-state index >= 15 is 0 Å². The van der Waals surface area contributed by atoms with Crippen LogP contribution in [0.4, 0.5) is 0 Å². The summed E-state index contributed by atoms with van der Waals surface area (Å²) in [7, 11) is 3.02. The lowest BCUT2D eigenvalue weighted by Crippen LogP contribution is -2.66. The molecule has 92 valence electrons. The highest BCUT2D eigenvalue weighted by Gasteiger charge is 2.47. The Morgan fingerprint density at radius 3 is 2.69 bits per heavy atom. The van der Waals surface area contributed by atoms with E-state index in [4.69, 9.17) is 14.2 Å². The molecule has 0 saturated carbocycles. The molecule has 1 amide bonds. The number of amides is 1. The van der Waals surface area contributed by atoms with Crippen molar-refractivity contribution in [2.75, 3.05) is 27.7 Å². The van der Waals surface area contributed by atoms with Crippen LogP contribution in [0.15, 0.2) is 0 Å². The van der Waals surface area contributed by atoms with Crippen LogP contribution in [0, 0.1) is 0 Å². The fraction of sp³-hybridized carbons (Fsp3) is 0.800. The molecular formula is C10H17NO5. The van der Waals surface area contributed by atoms with Gasteiger partial charge < -0.3 is 23.9 Å². The lowest BCUT2D eigenvalue weighted by atomic mass is 9.94. The zero-order valence-corrected chi connectivity index (χ0v) is 9.55. The van der Waals surface area contributed by atoms with E-state index in [-0.39, 0.29) is 25.5 Å². The van der Waals surface area contributed by atoms with Gasteiger partial charge in [0.1, 0.15) is 19.8 Å². The first-order valence-electron chi connectivity index (χ1n) is 5.09. The summed E-state index contributed by atoms with van der Waals surface area (Å²) in [4.78, 5) is 23.5. The van der Waals surface area contributed by atoms with Crippen molar-refractivity contribution in [3.63, 3.8) is 0 Å². The Kier molecular flexibility index (Phi) is 5.37. The molecule has 1 unspecified atom stereocenters. The Bertz CT molecular complexity index is 245. The molecule has 1 rings (SSSR count). The van der Waals surface area contributed by atoms with E-state index in [2.05, 4.69) is 0 Å². The largest absolute Gasteiger partial charge is 0.364 e. The molecular weight excluding hydrogens is 214 g/mol. The van der Waals surface area contributed by atoms with Gasteiger partial charge in [0, 0.05) is 20.6 Å². The maximum atomic E-state index is 11.6. The maximum Gasteiger partial charge on any atom is 0.256 e. The van der Waals surface area contributed by atoms with Crippen molar-refractivity contribution in [1.82, 2.24) is 4.90 Å². The Hall–Kier alpha value is -0.980. The van der Waals surface area contributed by atoms with Crippen molar-refractivity contribution >= 4 is 12.2 Å². The van der Waals surface area contributed by atoms with Gasteiger partial charge in [0.2, 0.25) is 0 Å². The second-order valence-electron chi connectivity index (χ2n) is 3.53. The van der Waals surface area contributed by atoms with Crippen molar-refractivity contribution in [2.24, 2.45) is 0 Å². The summed E-state index contributed by atoms with van der Waals surface area (Å²) >= 11 is 0. The van der Waals surface area contributed by atoms with Gasteiger partial charge in [-0.3, -0.25) is 4.79 Å². The Morgan fingerprint density at radius 2 is 2.12 bits per heavy atom. The predicted molar refractivity (Wildman–Crippen MR) is 54.6 cm³/mol. The van der Waals surface area contributed by atoms with E-state index in [0.717, 1.165) is 6.29 Å². The first-order chi connectivity index (χ1) is 7.76. The summed E-state index contributed by atoms with van der Waals surface area (Å²) in [5, 5.41) is 0. The Balaban J connectivity index is 2.48. The van der Waals surface area contributed by atoms with Crippen LogP contribution in [-0.2, 0) is 23.8 Å². The predicted octanol–water partition coefficient (Wildman–Crippen LogP) is -0.231. The number of rotatable bonds is 8. The molecule has 0 radical (unpaired) electrons. The third-order valence-electron chi connectivity index (χ3n) is 2.49. The standard InChI is InChI=1S/C10H17NO5/c1-14-6-11-8(4-3-5-12)9(10(11)13)16-7-15-2/h5,8-9H,3-4,6-7H2,1-2H3/t8?,9-/m1/s1. The highest BCUT2D eigenvalue weighted by molar-refractivity contribution is 5.88. The number of aldehydes is 1. The number of ether oxygens (including phenoxy) is 3. The van der Waals surface area contributed by atoms with Crippen LogP contribution in [0.3, 0.4) is 0 Å².